The Morgan fingerprint density at radius 3 is 2.77 bits per heavy atom. The number of hydrogen-bond donors (Lipinski definition) is 2. The fourth-order valence-corrected chi connectivity index (χ4v) is 4.98. The maximum absolute atomic E-state index is 12.2. The first-order valence-electron chi connectivity index (χ1n) is 8.67. The molecular formula is C18H30O4. The van der Waals surface area contributed by atoms with E-state index in [9.17, 15) is 14.7 Å². The van der Waals surface area contributed by atoms with Crippen LogP contribution in [0.25, 0.3) is 0 Å². The molecule has 4 nitrogen and oxygen atoms in total. The van der Waals surface area contributed by atoms with Gasteiger partial charge in [0.25, 0.3) is 0 Å². The first kappa shape index (κ1) is 17.5. The van der Waals surface area contributed by atoms with Crippen LogP contribution in [0, 0.1) is 23.2 Å². The topological polar surface area (TPSA) is 74.6 Å². The molecule has 2 rings (SSSR count). The number of Topliss-reactive ketones (excluding diaryl/α,β-unsaturated/α-hetero) is 1. The van der Waals surface area contributed by atoms with E-state index in [-0.39, 0.29) is 11.3 Å². The lowest BCUT2D eigenvalue weighted by molar-refractivity contribution is -0.157. The number of carbonyl (C=O) groups excluding carboxylic acids is 1. The molecule has 4 heteroatoms. The molecule has 1 unspecified atom stereocenters. The lowest BCUT2D eigenvalue weighted by atomic mass is 9.62. The molecule has 2 fully saturated rings. The summed E-state index contributed by atoms with van der Waals surface area (Å²) in [4.78, 5) is 23.1. The minimum absolute atomic E-state index is 0.143. The number of fused-ring (bicyclic) bond motifs is 1. The molecule has 0 heterocycles. The molecule has 2 N–H and O–H groups in total. The highest BCUT2D eigenvalue weighted by atomic mass is 16.4. The molecular weight excluding hydrogens is 280 g/mol. The van der Waals surface area contributed by atoms with Crippen molar-refractivity contribution < 1.29 is 19.8 Å². The van der Waals surface area contributed by atoms with Crippen LogP contribution in [0.4, 0.5) is 0 Å². The van der Waals surface area contributed by atoms with Crippen LogP contribution in [-0.2, 0) is 9.59 Å². The molecule has 22 heavy (non-hydrogen) atoms. The lowest BCUT2D eigenvalue weighted by Gasteiger charge is -2.42. The first-order chi connectivity index (χ1) is 10.2. The third kappa shape index (κ3) is 3.22. The Labute approximate surface area is 133 Å². The number of carbonyl (C=O) groups is 2. The average Bonchev–Trinajstić information content (AvgIpc) is 2.76. The zero-order valence-corrected chi connectivity index (χ0v) is 14.1. The van der Waals surface area contributed by atoms with Gasteiger partial charge in [-0.3, -0.25) is 4.79 Å². The highest BCUT2D eigenvalue weighted by Crippen LogP contribution is 2.57. The summed E-state index contributed by atoms with van der Waals surface area (Å²) in [6.07, 6.45) is 6.98. The van der Waals surface area contributed by atoms with Gasteiger partial charge in [-0.2, -0.15) is 0 Å². The summed E-state index contributed by atoms with van der Waals surface area (Å²) in [5.74, 6) is 0.584. The predicted molar refractivity (Wildman–Crippen MR) is 84.5 cm³/mol. The Bertz CT molecular complexity index is 442. The minimum atomic E-state index is -1.62. The summed E-state index contributed by atoms with van der Waals surface area (Å²) in [6, 6.07) is 0. The fraction of sp³-hybridized carbons (Fsp3) is 0.889. The molecule has 0 aliphatic heterocycles. The van der Waals surface area contributed by atoms with Crippen LogP contribution in [0.2, 0.25) is 0 Å². The van der Waals surface area contributed by atoms with Gasteiger partial charge in [-0.15, -0.1) is 0 Å². The largest absolute Gasteiger partial charge is 0.479 e. The Balaban J connectivity index is 1.92. The second-order valence-corrected chi connectivity index (χ2v) is 8.01. The van der Waals surface area contributed by atoms with E-state index in [1.807, 2.05) is 0 Å². The van der Waals surface area contributed by atoms with Gasteiger partial charge in [-0.1, -0.05) is 20.3 Å². The Hall–Kier alpha value is -0.900. The van der Waals surface area contributed by atoms with E-state index in [1.54, 1.807) is 0 Å². The molecule has 0 spiro atoms. The van der Waals surface area contributed by atoms with Crippen molar-refractivity contribution in [2.45, 2.75) is 77.7 Å². The molecule has 2 aliphatic rings. The van der Waals surface area contributed by atoms with Crippen molar-refractivity contribution in [3.05, 3.63) is 0 Å². The molecule has 0 bridgehead atoms. The van der Waals surface area contributed by atoms with E-state index in [0.29, 0.717) is 30.5 Å². The minimum Gasteiger partial charge on any atom is -0.479 e. The molecule has 0 aromatic rings. The van der Waals surface area contributed by atoms with Crippen molar-refractivity contribution in [3.8, 4) is 0 Å². The third-order valence-corrected chi connectivity index (χ3v) is 6.41. The van der Waals surface area contributed by atoms with Crippen molar-refractivity contribution in [2.24, 2.45) is 23.2 Å². The smallest absolute Gasteiger partial charge is 0.335 e. The number of rotatable bonds is 6. The highest BCUT2D eigenvalue weighted by Gasteiger charge is 2.52. The van der Waals surface area contributed by atoms with Gasteiger partial charge in [0.2, 0.25) is 0 Å². The van der Waals surface area contributed by atoms with Crippen LogP contribution in [0.5, 0.6) is 0 Å². The van der Waals surface area contributed by atoms with Gasteiger partial charge in [-0.25, -0.2) is 4.79 Å². The van der Waals surface area contributed by atoms with E-state index >= 15 is 0 Å². The first-order valence-corrected chi connectivity index (χ1v) is 8.67. The van der Waals surface area contributed by atoms with Crippen LogP contribution < -0.4 is 0 Å². The normalized spacial score (nSPS) is 35.7. The molecule has 0 amide bonds. The predicted octanol–water partition coefficient (Wildman–Crippen LogP) is 3.41. The Morgan fingerprint density at radius 1 is 1.45 bits per heavy atom. The summed E-state index contributed by atoms with van der Waals surface area (Å²) in [6.45, 7) is 5.88. The standard InChI is InChI=1S/C18H30O4/c1-12(6-4-11-18(3,22)16(20)21)13-8-9-14-15(19)7-5-10-17(13,14)2/h12-14,22H,4-11H2,1-3H3,(H,20,21)/t12-,13-,14?,17+,18-/m1/s1. The van der Waals surface area contributed by atoms with Crippen molar-refractivity contribution in [1.29, 1.82) is 0 Å². The zero-order valence-electron chi connectivity index (χ0n) is 14.1. The Morgan fingerprint density at radius 2 is 2.14 bits per heavy atom. The summed E-state index contributed by atoms with van der Waals surface area (Å²) >= 11 is 0. The lowest BCUT2D eigenvalue weighted by Crippen LogP contribution is -2.39. The van der Waals surface area contributed by atoms with E-state index in [1.165, 1.54) is 6.92 Å². The molecule has 2 aliphatic carbocycles. The van der Waals surface area contributed by atoms with Crippen molar-refractivity contribution in [3.63, 3.8) is 0 Å². The van der Waals surface area contributed by atoms with Crippen molar-refractivity contribution in [2.75, 3.05) is 0 Å². The maximum atomic E-state index is 12.2. The Kier molecular flexibility index (Phi) is 5.00. The van der Waals surface area contributed by atoms with E-state index in [2.05, 4.69) is 13.8 Å². The van der Waals surface area contributed by atoms with Gasteiger partial charge in [0, 0.05) is 12.3 Å². The van der Waals surface area contributed by atoms with Crippen LogP contribution in [-0.4, -0.2) is 27.6 Å². The van der Waals surface area contributed by atoms with Crippen molar-refractivity contribution in [1.82, 2.24) is 0 Å². The number of aliphatic carboxylic acids is 1. The van der Waals surface area contributed by atoms with Crippen LogP contribution in [0.15, 0.2) is 0 Å². The van der Waals surface area contributed by atoms with Crippen LogP contribution in [0.1, 0.15) is 72.1 Å². The van der Waals surface area contributed by atoms with Gasteiger partial charge in [0.1, 0.15) is 5.78 Å². The molecule has 0 aromatic carbocycles. The summed E-state index contributed by atoms with van der Waals surface area (Å²) in [7, 11) is 0. The molecule has 0 radical (unpaired) electrons. The molecule has 126 valence electrons. The SMILES string of the molecule is C[C@H](CCC[C@@](C)(O)C(=O)O)[C@H]1CCC2C(=O)CCC[C@]21C. The van der Waals surface area contributed by atoms with E-state index in [0.717, 1.165) is 38.5 Å². The van der Waals surface area contributed by atoms with E-state index in [4.69, 9.17) is 5.11 Å². The molecule has 0 saturated heterocycles. The number of carboxylic acid groups (broad SMARTS) is 1. The maximum Gasteiger partial charge on any atom is 0.335 e. The average molecular weight is 310 g/mol. The number of hydrogen-bond acceptors (Lipinski definition) is 3. The highest BCUT2D eigenvalue weighted by molar-refractivity contribution is 5.83. The second kappa shape index (κ2) is 6.31. The molecule has 0 aromatic heterocycles. The summed E-state index contributed by atoms with van der Waals surface area (Å²) in [5, 5.41) is 18.8. The molecule has 2 saturated carbocycles. The summed E-state index contributed by atoms with van der Waals surface area (Å²) < 4.78 is 0. The third-order valence-electron chi connectivity index (χ3n) is 6.41. The number of ketones is 1. The van der Waals surface area contributed by atoms with E-state index < -0.39 is 11.6 Å². The van der Waals surface area contributed by atoms with Crippen LogP contribution in [0.3, 0.4) is 0 Å². The van der Waals surface area contributed by atoms with Gasteiger partial charge < -0.3 is 10.2 Å². The van der Waals surface area contributed by atoms with Crippen molar-refractivity contribution >= 4 is 11.8 Å². The second-order valence-electron chi connectivity index (χ2n) is 8.01. The molecule has 5 atom stereocenters. The monoisotopic (exact) mass is 310 g/mol. The van der Waals surface area contributed by atoms with Gasteiger partial charge >= 0.3 is 5.97 Å². The summed E-state index contributed by atoms with van der Waals surface area (Å²) in [5.41, 5.74) is -1.48. The fourth-order valence-electron chi connectivity index (χ4n) is 4.98. The van der Waals surface area contributed by atoms with Crippen LogP contribution >= 0.6 is 0 Å². The van der Waals surface area contributed by atoms with Gasteiger partial charge in [0.05, 0.1) is 0 Å². The quantitative estimate of drug-likeness (QED) is 0.788. The number of aliphatic hydroxyl groups is 1. The zero-order chi connectivity index (χ0) is 16.5. The van der Waals surface area contributed by atoms with Gasteiger partial charge in [0.15, 0.2) is 5.60 Å². The number of carboxylic acids is 1. The van der Waals surface area contributed by atoms with Gasteiger partial charge in [-0.05, 0) is 62.7 Å².